The average Bonchev–Trinajstić information content (AvgIpc) is 2.83. The predicted octanol–water partition coefficient (Wildman–Crippen LogP) is -0.546. The molecule has 0 radical (unpaired) electrons. The highest BCUT2D eigenvalue weighted by atomic mass is 16.5. The van der Waals surface area contributed by atoms with Crippen LogP contribution in [0.4, 0.5) is 0 Å². The molecule has 17 heavy (non-hydrogen) atoms. The van der Waals surface area contributed by atoms with Crippen LogP contribution in [-0.2, 0) is 16.1 Å². The molecule has 1 aliphatic rings. The highest BCUT2D eigenvalue weighted by Crippen LogP contribution is 2.05. The molecular formula is C10H16N4O3. The first-order valence-electron chi connectivity index (χ1n) is 5.67. The van der Waals surface area contributed by atoms with Gasteiger partial charge in [0.05, 0.1) is 13.1 Å². The van der Waals surface area contributed by atoms with Crippen LogP contribution in [0.3, 0.4) is 0 Å². The van der Waals surface area contributed by atoms with Crippen LogP contribution in [-0.4, -0.2) is 41.8 Å². The van der Waals surface area contributed by atoms with E-state index in [1.165, 1.54) is 6.39 Å². The van der Waals surface area contributed by atoms with Gasteiger partial charge in [-0.1, -0.05) is 5.16 Å². The largest absolute Gasteiger partial charge is 0.381 e. The maximum Gasteiger partial charge on any atom is 0.234 e. The van der Waals surface area contributed by atoms with Crippen molar-refractivity contribution in [2.75, 3.05) is 19.8 Å². The summed E-state index contributed by atoms with van der Waals surface area (Å²) in [5.74, 6) is 0.532. The Labute approximate surface area is 98.9 Å². The average molecular weight is 240 g/mol. The molecule has 7 heteroatoms. The first kappa shape index (κ1) is 12.0. The Balaban J connectivity index is 1.60. The molecule has 1 saturated heterocycles. The number of nitrogens with zero attached hydrogens (tertiary/aromatic N) is 2. The molecule has 2 heterocycles. The van der Waals surface area contributed by atoms with Gasteiger partial charge in [-0.05, 0) is 12.8 Å². The summed E-state index contributed by atoms with van der Waals surface area (Å²) in [6.07, 6.45) is 3.03. The van der Waals surface area contributed by atoms with Gasteiger partial charge in [0, 0.05) is 19.3 Å². The topological polar surface area (TPSA) is 89.3 Å². The van der Waals surface area contributed by atoms with Crippen molar-refractivity contribution in [3.8, 4) is 0 Å². The van der Waals surface area contributed by atoms with Gasteiger partial charge in [-0.2, -0.15) is 4.98 Å². The molecular weight excluding hydrogens is 224 g/mol. The first-order valence-corrected chi connectivity index (χ1v) is 5.67. The number of aromatic nitrogens is 2. The fourth-order valence-corrected chi connectivity index (χ4v) is 1.68. The van der Waals surface area contributed by atoms with Crippen molar-refractivity contribution >= 4 is 5.91 Å². The fraction of sp³-hybridized carbons (Fsp3) is 0.700. The van der Waals surface area contributed by atoms with E-state index in [2.05, 4.69) is 25.3 Å². The van der Waals surface area contributed by atoms with E-state index in [0.717, 1.165) is 26.1 Å². The molecule has 1 aromatic rings. The molecule has 1 amide bonds. The third kappa shape index (κ3) is 4.12. The quantitative estimate of drug-likeness (QED) is 0.718. The third-order valence-corrected chi connectivity index (χ3v) is 2.56. The van der Waals surface area contributed by atoms with E-state index < -0.39 is 0 Å². The van der Waals surface area contributed by atoms with Crippen LogP contribution >= 0.6 is 0 Å². The summed E-state index contributed by atoms with van der Waals surface area (Å²) in [4.78, 5) is 15.4. The van der Waals surface area contributed by atoms with Gasteiger partial charge in [0.25, 0.3) is 0 Å². The lowest BCUT2D eigenvalue weighted by Crippen LogP contribution is -2.42. The second-order valence-corrected chi connectivity index (χ2v) is 3.91. The van der Waals surface area contributed by atoms with Gasteiger partial charge >= 0.3 is 0 Å². The molecule has 1 fully saturated rings. The molecule has 1 aliphatic heterocycles. The number of carbonyl (C=O) groups excluding carboxylic acids is 1. The molecule has 0 unspecified atom stereocenters. The van der Waals surface area contributed by atoms with Crippen LogP contribution in [0.2, 0.25) is 0 Å². The number of amides is 1. The van der Waals surface area contributed by atoms with Crippen molar-refractivity contribution in [2.45, 2.75) is 25.4 Å². The van der Waals surface area contributed by atoms with Crippen LogP contribution < -0.4 is 10.6 Å². The van der Waals surface area contributed by atoms with E-state index in [9.17, 15) is 4.79 Å². The lowest BCUT2D eigenvalue weighted by atomic mass is 10.1. The number of carbonyl (C=O) groups is 1. The molecule has 0 spiro atoms. The van der Waals surface area contributed by atoms with E-state index in [1.807, 2.05) is 0 Å². The van der Waals surface area contributed by atoms with Crippen LogP contribution in [0.1, 0.15) is 18.7 Å². The maximum atomic E-state index is 11.6. The van der Waals surface area contributed by atoms with Gasteiger partial charge < -0.3 is 19.9 Å². The summed E-state index contributed by atoms with van der Waals surface area (Å²) in [7, 11) is 0. The molecule has 0 aromatic carbocycles. The lowest BCUT2D eigenvalue weighted by molar-refractivity contribution is -0.121. The smallest absolute Gasteiger partial charge is 0.234 e. The molecule has 0 atom stereocenters. The minimum atomic E-state index is -0.0135. The van der Waals surface area contributed by atoms with Gasteiger partial charge in [0.15, 0.2) is 5.82 Å². The Kier molecular flexibility index (Phi) is 4.45. The second-order valence-electron chi connectivity index (χ2n) is 3.91. The Bertz CT molecular complexity index is 335. The van der Waals surface area contributed by atoms with Crippen molar-refractivity contribution < 1.29 is 14.1 Å². The maximum absolute atomic E-state index is 11.6. The van der Waals surface area contributed by atoms with E-state index in [0.29, 0.717) is 12.4 Å². The monoisotopic (exact) mass is 240 g/mol. The van der Waals surface area contributed by atoms with E-state index in [1.54, 1.807) is 0 Å². The minimum absolute atomic E-state index is 0.0135. The van der Waals surface area contributed by atoms with Crippen molar-refractivity contribution in [3.63, 3.8) is 0 Å². The highest BCUT2D eigenvalue weighted by molar-refractivity contribution is 5.78. The van der Waals surface area contributed by atoms with Gasteiger partial charge in [-0.15, -0.1) is 0 Å². The van der Waals surface area contributed by atoms with Gasteiger partial charge in [-0.25, -0.2) is 0 Å². The van der Waals surface area contributed by atoms with Gasteiger partial charge in [0.2, 0.25) is 12.3 Å². The normalized spacial score (nSPS) is 16.9. The van der Waals surface area contributed by atoms with Crippen molar-refractivity contribution in [3.05, 3.63) is 12.2 Å². The SMILES string of the molecule is O=C(CNCc1ncon1)NC1CCOCC1. The number of hydrogen-bond acceptors (Lipinski definition) is 6. The van der Waals surface area contributed by atoms with Crippen LogP contribution in [0.25, 0.3) is 0 Å². The van der Waals surface area contributed by atoms with Crippen LogP contribution in [0, 0.1) is 0 Å². The zero-order chi connectivity index (χ0) is 11.9. The summed E-state index contributed by atoms with van der Waals surface area (Å²) >= 11 is 0. The minimum Gasteiger partial charge on any atom is -0.381 e. The summed E-state index contributed by atoms with van der Waals surface area (Å²) in [5.41, 5.74) is 0. The summed E-state index contributed by atoms with van der Waals surface area (Å²) < 4.78 is 9.80. The molecule has 7 nitrogen and oxygen atoms in total. The number of hydrogen-bond donors (Lipinski definition) is 2. The van der Waals surface area contributed by atoms with Crippen molar-refractivity contribution in [1.82, 2.24) is 20.8 Å². The molecule has 2 rings (SSSR count). The predicted molar refractivity (Wildman–Crippen MR) is 58.0 cm³/mol. The Morgan fingerprint density at radius 2 is 2.29 bits per heavy atom. The second kappa shape index (κ2) is 6.31. The van der Waals surface area contributed by atoms with Gasteiger partial charge in [-0.3, -0.25) is 4.79 Å². The molecule has 2 N–H and O–H groups in total. The van der Waals surface area contributed by atoms with Crippen LogP contribution in [0.5, 0.6) is 0 Å². The summed E-state index contributed by atoms with van der Waals surface area (Å²) in [5, 5.41) is 9.53. The molecule has 0 bridgehead atoms. The standard InChI is InChI=1S/C10H16N4O3/c15-10(13-8-1-3-16-4-2-8)6-11-5-9-12-7-17-14-9/h7-8,11H,1-6H2,(H,13,15). The lowest BCUT2D eigenvalue weighted by Gasteiger charge is -2.23. The number of nitrogens with one attached hydrogen (secondary N) is 2. The van der Waals surface area contributed by atoms with Crippen molar-refractivity contribution in [1.29, 1.82) is 0 Å². The Morgan fingerprint density at radius 1 is 1.47 bits per heavy atom. The van der Waals surface area contributed by atoms with Gasteiger partial charge in [0.1, 0.15) is 0 Å². The zero-order valence-electron chi connectivity index (χ0n) is 9.52. The molecule has 0 saturated carbocycles. The number of rotatable bonds is 5. The first-order chi connectivity index (χ1) is 8.34. The summed E-state index contributed by atoms with van der Waals surface area (Å²) in [6, 6.07) is 0.239. The Morgan fingerprint density at radius 3 is 3.00 bits per heavy atom. The van der Waals surface area contributed by atoms with E-state index in [4.69, 9.17) is 4.74 Å². The van der Waals surface area contributed by atoms with Crippen LogP contribution in [0.15, 0.2) is 10.9 Å². The molecule has 1 aromatic heterocycles. The third-order valence-electron chi connectivity index (χ3n) is 2.56. The van der Waals surface area contributed by atoms with Crippen molar-refractivity contribution in [2.24, 2.45) is 0 Å². The fourth-order valence-electron chi connectivity index (χ4n) is 1.68. The highest BCUT2D eigenvalue weighted by Gasteiger charge is 2.15. The van der Waals surface area contributed by atoms with E-state index >= 15 is 0 Å². The summed E-state index contributed by atoms with van der Waals surface area (Å²) in [6.45, 7) is 2.13. The Hall–Kier alpha value is -1.47. The van der Waals surface area contributed by atoms with E-state index in [-0.39, 0.29) is 18.5 Å². The number of ether oxygens (including phenoxy) is 1. The molecule has 0 aliphatic carbocycles. The zero-order valence-corrected chi connectivity index (χ0v) is 9.52. The molecule has 94 valence electrons.